The Kier molecular flexibility index (Phi) is 2.27. The normalized spacial score (nSPS) is 10.5. The van der Waals surface area contributed by atoms with Crippen molar-refractivity contribution in [2.45, 2.75) is 0 Å². The lowest BCUT2D eigenvalue weighted by molar-refractivity contribution is 0.0601. The number of hydrogen-bond acceptors (Lipinski definition) is 6. The van der Waals surface area contributed by atoms with Gasteiger partial charge in [0.25, 0.3) is 5.78 Å². The van der Waals surface area contributed by atoms with E-state index in [2.05, 4.69) is 35.7 Å². The Hall–Kier alpha value is -1.70. The average Bonchev–Trinajstić information content (AvgIpc) is 2.59. The highest BCUT2D eigenvalue weighted by atomic mass is 79.9. The molecule has 78 valence electrons. The molecule has 2 heterocycles. The van der Waals surface area contributed by atoms with Crippen molar-refractivity contribution >= 4 is 33.5 Å². The second-order valence-corrected chi connectivity index (χ2v) is 3.35. The minimum absolute atomic E-state index is 0.144. The highest BCUT2D eigenvalue weighted by Crippen LogP contribution is 2.14. The fourth-order valence-corrected chi connectivity index (χ4v) is 1.41. The third-order valence-corrected chi connectivity index (χ3v) is 2.12. The summed E-state index contributed by atoms with van der Waals surface area (Å²) in [6.45, 7) is 0. The smallest absolute Gasteiger partial charge is 0.343 e. The van der Waals surface area contributed by atoms with Gasteiger partial charge in [0.1, 0.15) is 11.4 Å². The summed E-state index contributed by atoms with van der Waals surface area (Å²) in [6.07, 6.45) is 1.30. The van der Waals surface area contributed by atoms with Crippen molar-refractivity contribution in [3.05, 3.63) is 16.5 Å². The number of carbonyl (C=O) groups is 1. The van der Waals surface area contributed by atoms with Gasteiger partial charge in [0, 0.05) is 6.20 Å². The van der Waals surface area contributed by atoms with Gasteiger partial charge < -0.3 is 10.5 Å². The zero-order valence-corrected chi connectivity index (χ0v) is 9.22. The van der Waals surface area contributed by atoms with E-state index in [0.717, 1.165) is 0 Å². The lowest BCUT2D eigenvalue weighted by Crippen LogP contribution is -2.11. The maximum atomic E-state index is 11.3. The summed E-state index contributed by atoms with van der Waals surface area (Å²) in [5, 5.41) is 3.92. The van der Waals surface area contributed by atoms with Gasteiger partial charge >= 0.3 is 5.97 Å². The quantitative estimate of drug-likeness (QED) is 0.748. The molecule has 0 unspecified atom stereocenters. The summed E-state index contributed by atoms with van der Waals surface area (Å²) in [5.41, 5.74) is 5.86. The Morgan fingerprint density at radius 2 is 2.40 bits per heavy atom. The maximum Gasteiger partial charge on any atom is 0.343 e. The summed E-state index contributed by atoms with van der Waals surface area (Å²) in [4.78, 5) is 19.1. The second-order valence-electron chi connectivity index (χ2n) is 2.64. The minimum atomic E-state index is -0.562. The maximum absolute atomic E-state index is 11.3. The fourth-order valence-electron chi connectivity index (χ4n) is 1.09. The molecular weight excluding hydrogens is 266 g/mol. The number of hydrogen-bond donors (Lipinski definition) is 1. The number of fused-ring (bicyclic) bond motifs is 1. The number of rotatable bonds is 1. The Morgan fingerprint density at radius 1 is 1.67 bits per heavy atom. The van der Waals surface area contributed by atoms with Crippen LogP contribution in [0.15, 0.2) is 10.9 Å². The SMILES string of the molecule is COC(=O)c1cnc2nc(Br)nn2c1N. The predicted molar refractivity (Wildman–Crippen MR) is 54.2 cm³/mol. The lowest BCUT2D eigenvalue weighted by Gasteiger charge is -2.03. The molecule has 0 spiro atoms. The van der Waals surface area contributed by atoms with Crippen LogP contribution in [0.5, 0.6) is 0 Å². The molecule has 15 heavy (non-hydrogen) atoms. The fraction of sp³-hybridized carbons (Fsp3) is 0.143. The van der Waals surface area contributed by atoms with Gasteiger partial charge in [0.05, 0.1) is 7.11 Å². The number of anilines is 1. The molecule has 7 nitrogen and oxygen atoms in total. The molecule has 0 aliphatic heterocycles. The first-order valence-electron chi connectivity index (χ1n) is 3.88. The van der Waals surface area contributed by atoms with E-state index in [1.807, 2.05) is 0 Å². The highest BCUT2D eigenvalue weighted by molar-refractivity contribution is 9.10. The van der Waals surface area contributed by atoms with E-state index in [1.165, 1.54) is 17.8 Å². The van der Waals surface area contributed by atoms with E-state index in [-0.39, 0.29) is 11.4 Å². The number of nitrogen functional groups attached to an aromatic ring is 1. The van der Waals surface area contributed by atoms with E-state index in [4.69, 9.17) is 5.73 Å². The van der Waals surface area contributed by atoms with Crippen LogP contribution in [0.25, 0.3) is 5.78 Å². The summed E-state index contributed by atoms with van der Waals surface area (Å²) < 4.78 is 6.15. The van der Waals surface area contributed by atoms with Gasteiger partial charge in [-0.15, -0.1) is 5.10 Å². The number of methoxy groups -OCH3 is 1. The van der Waals surface area contributed by atoms with Gasteiger partial charge in [-0.1, -0.05) is 0 Å². The first kappa shape index (κ1) is 9.84. The summed E-state index contributed by atoms with van der Waals surface area (Å²) in [6, 6.07) is 0. The Balaban J connectivity index is 2.69. The molecule has 0 aliphatic rings. The lowest BCUT2D eigenvalue weighted by atomic mass is 10.3. The zero-order valence-electron chi connectivity index (χ0n) is 7.64. The molecule has 0 saturated heterocycles. The molecule has 8 heteroatoms. The van der Waals surface area contributed by atoms with Gasteiger partial charge in [-0.3, -0.25) is 0 Å². The molecule has 2 N–H and O–H groups in total. The molecule has 2 rings (SSSR count). The van der Waals surface area contributed by atoms with Crippen LogP contribution < -0.4 is 5.73 Å². The Labute approximate surface area is 92.4 Å². The topological polar surface area (TPSA) is 95.4 Å². The van der Waals surface area contributed by atoms with Crippen LogP contribution >= 0.6 is 15.9 Å². The monoisotopic (exact) mass is 271 g/mol. The van der Waals surface area contributed by atoms with Crippen LogP contribution in [0.1, 0.15) is 10.4 Å². The third kappa shape index (κ3) is 1.52. The number of halogens is 1. The van der Waals surface area contributed by atoms with Gasteiger partial charge in [0.2, 0.25) is 4.73 Å². The molecule has 0 amide bonds. The number of aromatic nitrogens is 4. The van der Waals surface area contributed by atoms with Crippen molar-refractivity contribution in [1.29, 1.82) is 0 Å². The largest absolute Gasteiger partial charge is 0.465 e. The van der Waals surface area contributed by atoms with E-state index in [1.54, 1.807) is 0 Å². The number of nitrogens with zero attached hydrogens (tertiary/aromatic N) is 4. The van der Waals surface area contributed by atoms with Crippen molar-refractivity contribution in [3.8, 4) is 0 Å². The van der Waals surface area contributed by atoms with Crippen LogP contribution in [-0.2, 0) is 4.74 Å². The van der Waals surface area contributed by atoms with E-state index < -0.39 is 5.97 Å². The molecule has 0 atom stereocenters. The molecule has 2 aromatic rings. The van der Waals surface area contributed by atoms with Gasteiger partial charge in [-0.25, -0.2) is 9.78 Å². The zero-order chi connectivity index (χ0) is 11.0. The molecular formula is C7H6BrN5O2. The van der Waals surface area contributed by atoms with Crippen LogP contribution in [0.4, 0.5) is 5.82 Å². The average molecular weight is 272 g/mol. The molecule has 0 saturated carbocycles. The molecule has 0 bridgehead atoms. The Bertz CT molecular complexity index is 537. The summed E-state index contributed by atoms with van der Waals surface area (Å²) >= 11 is 3.08. The predicted octanol–water partition coefficient (Wildman–Crippen LogP) is 0.256. The van der Waals surface area contributed by atoms with Crippen LogP contribution in [-0.4, -0.2) is 32.7 Å². The molecule has 0 radical (unpaired) electrons. The first-order valence-corrected chi connectivity index (χ1v) is 4.68. The number of nitrogens with two attached hydrogens (primary N) is 1. The Morgan fingerprint density at radius 3 is 3.07 bits per heavy atom. The summed E-state index contributed by atoms with van der Waals surface area (Å²) in [7, 11) is 1.27. The van der Waals surface area contributed by atoms with Crippen molar-refractivity contribution < 1.29 is 9.53 Å². The number of esters is 1. The van der Waals surface area contributed by atoms with Crippen molar-refractivity contribution in [2.75, 3.05) is 12.8 Å². The van der Waals surface area contributed by atoms with Gasteiger partial charge in [0.15, 0.2) is 0 Å². The molecule has 2 aromatic heterocycles. The van der Waals surface area contributed by atoms with E-state index >= 15 is 0 Å². The number of ether oxygens (including phenoxy) is 1. The number of carbonyl (C=O) groups excluding carboxylic acids is 1. The van der Waals surface area contributed by atoms with Crippen molar-refractivity contribution in [2.24, 2.45) is 0 Å². The van der Waals surface area contributed by atoms with Crippen LogP contribution in [0.3, 0.4) is 0 Å². The van der Waals surface area contributed by atoms with Crippen molar-refractivity contribution in [3.63, 3.8) is 0 Å². The molecule has 0 aliphatic carbocycles. The van der Waals surface area contributed by atoms with Gasteiger partial charge in [-0.2, -0.15) is 9.50 Å². The highest BCUT2D eigenvalue weighted by Gasteiger charge is 2.15. The van der Waals surface area contributed by atoms with E-state index in [0.29, 0.717) is 10.5 Å². The van der Waals surface area contributed by atoms with Crippen LogP contribution in [0.2, 0.25) is 0 Å². The second kappa shape index (κ2) is 3.46. The minimum Gasteiger partial charge on any atom is -0.465 e. The standard InChI is InChI=1S/C7H6BrN5O2/c1-15-5(14)3-2-10-7-11-6(8)12-13(7)4(3)9/h2H,9H2,1H3. The first-order chi connectivity index (χ1) is 7.13. The van der Waals surface area contributed by atoms with Crippen LogP contribution in [0, 0.1) is 0 Å². The van der Waals surface area contributed by atoms with Gasteiger partial charge in [-0.05, 0) is 15.9 Å². The molecule has 0 fully saturated rings. The van der Waals surface area contributed by atoms with E-state index in [9.17, 15) is 4.79 Å². The van der Waals surface area contributed by atoms with Crippen molar-refractivity contribution in [1.82, 2.24) is 19.6 Å². The summed E-state index contributed by atoms with van der Waals surface area (Å²) in [5.74, 6) is -0.106. The third-order valence-electron chi connectivity index (χ3n) is 1.78. The molecule has 0 aromatic carbocycles.